The molecule has 1 aromatic heterocycles. The van der Waals surface area contributed by atoms with Crippen LogP contribution in [0.4, 0.5) is 0 Å². The van der Waals surface area contributed by atoms with E-state index in [1.54, 1.807) is 11.8 Å². The molecule has 90 valence electrons. The van der Waals surface area contributed by atoms with Crippen LogP contribution in [-0.4, -0.2) is 20.1 Å². The van der Waals surface area contributed by atoms with Gasteiger partial charge < -0.3 is 5.84 Å². The first-order valence-corrected chi connectivity index (χ1v) is 6.88. The van der Waals surface area contributed by atoms with Crippen molar-refractivity contribution >= 4 is 27.7 Å². The summed E-state index contributed by atoms with van der Waals surface area (Å²) in [4.78, 5) is 0. The third-order valence-corrected chi connectivity index (χ3v) is 3.54. The number of halogens is 1. The van der Waals surface area contributed by atoms with Crippen LogP contribution in [0.5, 0.6) is 0 Å². The molecule has 1 heterocycles. The molecule has 0 aliphatic carbocycles. The average molecular weight is 313 g/mol. The van der Waals surface area contributed by atoms with Gasteiger partial charge >= 0.3 is 0 Å². The summed E-state index contributed by atoms with van der Waals surface area (Å²) in [5.74, 6) is 6.66. The van der Waals surface area contributed by atoms with Crippen molar-refractivity contribution in [3.63, 3.8) is 0 Å². The summed E-state index contributed by atoms with van der Waals surface area (Å²) >= 11 is 5.02. The first kappa shape index (κ1) is 12.4. The lowest BCUT2D eigenvalue weighted by Gasteiger charge is -2.05. The largest absolute Gasteiger partial charge is 0.335 e. The molecule has 2 N–H and O–H groups in total. The van der Waals surface area contributed by atoms with E-state index < -0.39 is 0 Å². The van der Waals surface area contributed by atoms with Crippen molar-refractivity contribution in [2.24, 2.45) is 0 Å². The molecule has 6 heteroatoms. The predicted molar refractivity (Wildman–Crippen MR) is 74.3 cm³/mol. The number of nitrogens with two attached hydrogens (primary N) is 1. The van der Waals surface area contributed by atoms with Crippen LogP contribution in [-0.2, 0) is 0 Å². The smallest absolute Gasteiger partial charge is 0.210 e. The lowest BCUT2D eigenvalue weighted by molar-refractivity contribution is 0.844. The van der Waals surface area contributed by atoms with E-state index in [-0.39, 0.29) is 0 Å². The second kappa shape index (κ2) is 5.10. The molecule has 2 aromatic rings. The van der Waals surface area contributed by atoms with Crippen LogP contribution in [0.3, 0.4) is 0 Å². The van der Waals surface area contributed by atoms with Gasteiger partial charge in [0.15, 0.2) is 5.82 Å². The summed E-state index contributed by atoms with van der Waals surface area (Å²) in [7, 11) is 0. The van der Waals surface area contributed by atoms with Crippen molar-refractivity contribution in [2.75, 3.05) is 5.84 Å². The Hall–Kier alpha value is -1.01. The number of rotatable bonds is 3. The predicted octanol–water partition coefficient (Wildman–Crippen LogP) is 2.92. The van der Waals surface area contributed by atoms with E-state index in [0.717, 1.165) is 15.2 Å². The number of aromatic nitrogens is 3. The molecule has 0 aliphatic heterocycles. The number of nitrogen functional groups attached to an aromatic ring is 1. The summed E-state index contributed by atoms with van der Waals surface area (Å²) in [6.07, 6.45) is 0. The summed E-state index contributed by atoms with van der Waals surface area (Å²) < 4.78 is 2.53. The highest BCUT2D eigenvalue weighted by Crippen LogP contribution is 2.25. The number of hydrogen-bond donors (Lipinski definition) is 1. The summed E-state index contributed by atoms with van der Waals surface area (Å²) in [5.41, 5.74) is 0.949. The van der Waals surface area contributed by atoms with E-state index in [1.165, 1.54) is 4.68 Å². The molecule has 0 spiro atoms. The van der Waals surface area contributed by atoms with E-state index >= 15 is 0 Å². The maximum absolute atomic E-state index is 5.99. The normalized spacial score (nSPS) is 11.1. The SMILES string of the molecule is CC(C)Sc1nnc(-c2cccc(Br)c2)n1N. The Morgan fingerprint density at radius 2 is 2.12 bits per heavy atom. The van der Waals surface area contributed by atoms with Crippen LogP contribution in [0.2, 0.25) is 0 Å². The van der Waals surface area contributed by atoms with E-state index in [1.807, 2.05) is 24.3 Å². The van der Waals surface area contributed by atoms with Crippen LogP contribution < -0.4 is 5.84 Å². The maximum Gasteiger partial charge on any atom is 0.210 e. The Kier molecular flexibility index (Phi) is 3.73. The summed E-state index contributed by atoms with van der Waals surface area (Å²) in [6.45, 7) is 4.19. The second-order valence-corrected chi connectivity index (χ2v) is 6.31. The third kappa shape index (κ3) is 2.81. The van der Waals surface area contributed by atoms with E-state index in [0.29, 0.717) is 11.1 Å². The van der Waals surface area contributed by atoms with Gasteiger partial charge in [0.2, 0.25) is 5.16 Å². The Bertz CT molecular complexity index is 524. The number of thioether (sulfide) groups is 1. The summed E-state index contributed by atoms with van der Waals surface area (Å²) in [5, 5.41) is 9.38. The molecule has 0 atom stereocenters. The van der Waals surface area contributed by atoms with Gasteiger partial charge in [-0.05, 0) is 12.1 Å². The maximum atomic E-state index is 5.99. The number of hydrogen-bond acceptors (Lipinski definition) is 4. The quantitative estimate of drug-likeness (QED) is 0.699. The van der Waals surface area contributed by atoms with Crippen molar-refractivity contribution in [3.8, 4) is 11.4 Å². The zero-order chi connectivity index (χ0) is 12.4. The van der Waals surface area contributed by atoms with Crippen molar-refractivity contribution in [1.82, 2.24) is 14.9 Å². The minimum absolute atomic E-state index is 0.428. The van der Waals surface area contributed by atoms with Crippen LogP contribution in [0.15, 0.2) is 33.9 Å². The molecule has 17 heavy (non-hydrogen) atoms. The third-order valence-electron chi connectivity index (χ3n) is 2.09. The molecular weight excluding hydrogens is 300 g/mol. The zero-order valence-electron chi connectivity index (χ0n) is 9.59. The Labute approximate surface area is 113 Å². The minimum Gasteiger partial charge on any atom is -0.335 e. The van der Waals surface area contributed by atoms with Crippen molar-refractivity contribution in [1.29, 1.82) is 0 Å². The van der Waals surface area contributed by atoms with Gasteiger partial charge in [0.25, 0.3) is 0 Å². The van der Waals surface area contributed by atoms with E-state index in [2.05, 4.69) is 40.0 Å². The fourth-order valence-electron chi connectivity index (χ4n) is 1.39. The molecule has 0 saturated heterocycles. The second-order valence-electron chi connectivity index (χ2n) is 3.85. The van der Waals surface area contributed by atoms with Crippen LogP contribution in [0.1, 0.15) is 13.8 Å². The molecule has 1 aromatic carbocycles. The summed E-state index contributed by atoms with van der Waals surface area (Å²) in [6, 6.07) is 7.84. The van der Waals surface area contributed by atoms with Gasteiger partial charge in [-0.15, -0.1) is 10.2 Å². The van der Waals surface area contributed by atoms with Crippen molar-refractivity contribution in [3.05, 3.63) is 28.7 Å². The van der Waals surface area contributed by atoms with Gasteiger partial charge in [0.05, 0.1) is 0 Å². The molecule has 0 radical (unpaired) electrons. The standard InChI is InChI=1S/C11H13BrN4S/c1-7(2)17-11-15-14-10(16(11)13)8-4-3-5-9(12)6-8/h3-7H,13H2,1-2H3. The van der Waals surface area contributed by atoms with Gasteiger partial charge in [-0.2, -0.15) is 0 Å². The van der Waals surface area contributed by atoms with Gasteiger partial charge in [-0.1, -0.05) is 53.7 Å². The van der Waals surface area contributed by atoms with Gasteiger partial charge in [0.1, 0.15) is 0 Å². The number of benzene rings is 1. The van der Waals surface area contributed by atoms with Gasteiger partial charge in [0, 0.05) is 15.3 Å². The zero-order valence-corrected chi connectivity index (χ0v) is 12.0. The van der Waals surface area contributed by atoms with Crippen molar-refractivity contribution < 1.29 is 0 Å². The average Bonchev–Trinajstić information content (AvgIpc) is 2.60. The Morgan fingerprint density at radius 3 is 2.76 bits per heavy atom. The fourth-order valence-corrected chi connectivity index (χ4v) is 2.50. The highest BCUT2D eigenvalue weighted by atomic mass is 79.9. The highest BCUT2D eigenvalue weighted by Gasteiger charge is 2.13. The molecule has 0 amide bonds. The van der Waals surface area contributed by atoms with Crippen LogP contribution in [0, 0.1) is 0 Å². The highest BCUT2D eigenvalue weighted by molar-refractivity contribution is 9.10. The Balaban J connectivity index is 2.37. The molecule has 0 bridgehead atoms. The minimum atomic E-state index is 0.428. The monoisotopic (exact) mass is 312 g/mol. The molecular formula is C11H13BrN4S. The van der Waals surface area contributed by atoms with Crippen LogP contribution in [0.25, 0.3) is 11.4 Å². The first-order valence-electron chi connectivity index (χ1n) is 5.21. The molecule has 0 fully saturated rings. The molecule has 0 saturated carbocycles. The molecule has 0 aliphatic rings. The Morgan fingerprint density at radius 1 is 1.35 bits per heavy atom. The molecule has 4 nitrogen and oxygen atoms in total. The topological polar surface area (TPSA) is 56.7 Å². The van der Waals surface area contributed by atoms with Crippen molar-refractivity contribution in [2.45, 2.75) is 24.3 Å². The molecule has 2 rings (SSSR count). The van der Waals surface area contributed by atoms with Gasteiger partial charge in [-0.25, -0.2) is 4.68 Å². The molecule has 0 unspecified atom stereocenters. The van der Waals surface area contributed by atoms with Gasteiger partial charge in [-0.3, -0.25) is 0 Å². The lowest BCUT2D eigenvalue weighted by Crippen LogP contribution is -2.12. The van der Waals surface area contributed by atoms with Crippen LogP contribution >= 0.6 is 27.7 Å². The lowest BCUT2D eigenvalue weighted by atomic mass is 10.2. The number of nitrogens with zero attached hydrogens (tertiary/aromatic N) is 3. The fraction of sp³-hybridized carbons (Fsp3) is 0.273. The first-order chi connectivity index (χ1) is 8.08. The van der Waals surface area contributed by atoms with E-state index in [4.69, 9.17) is 5.84 Å². The van der Waals surface area contributed by atoms with E-state index in [9.17, 15) is 0 Å².